The fraction of sp³-hybridized carbons (Fsp3) is 0.636. The van der Waals surface area contributed by atoms with Crippen LogP contribution < -0.4 is 0 Å². The van der Waals surface area contributed by atoms with Crippen LogP contribution in [0.1, 0.15) is 30.0 Å². The van der Waals surface area contributed by atoms with Crippen LogP contribution >= 0.6 is 22.9 Å². The Morgan fingerprint density at radius 1 is 1.31 bits per heavy atom. The maximum absolute atomic E-state index is 5.86. The molecule has 0 aromatic carbocycles. The molecular weight excluding hydrogens is 200 g/mol. The lowest BCUT2D eigenvalue weighted by Crippen LogP contribution is -2.03. The van der Waals surface area contributed by atoms with Crippen LogP contribution in [0.25, 0.3) is 0 Å². The smallest absolute Gasteiger partial charge is 0.0255 e. The molecule has 0 aliphatic rings. The van der Waals surface area contributed by atoms with Crippen molar-refractivity contribution in [3.8, 4) is 0 Å². The Labute approximate surface area is 89.9 Å². The molecule has 0 bridgehead atoms. The molecule has 0 aliphatic carbocycles. The summed E-state index contributed by atoms with van der Waals surface area (Å²) in [4.78, 5) is 2.98. The summed E-state index contributed by atoms with van der Waals surface area (Å²) in [5.41, 5.74) is 0. The molecule has 1 atom stereocenters. The van der Waals surface area contributed by atoms with Gasteiger partial charge >= 0.3 is 0 Å². The highest BCUT2D eigenvalue weighted by atomic mass is 35.5. The normalized spacial score (nSPS) is 13.2. The number of halogens is 1. The molecule has 1 rings (SSSR count). The quantitative estimate of drug-likeness (QED) is 0.650. The van der Waals surface area contributed by atoms with Crippen molar-refractivity contribution in [2.45, 2.75) is 33.1 Å². The lowest BCUT2D eigenvalue weighted by Gasteiger charge is -2.08. The zero-order valence-corrected chi connectivity index (χ0v) is 9.92. The van der Waals surface area contributed by atoms with Crippen molar-refractivity contribution in [3.63, 3.8) is 0 Å². The maximum atomic E-state index is 5.86. The lowest BCUT2D eigenvalue weighted by molar-refractivity contribution is 0.571. The number of aryl methyl sites for hydroxylation is 1. The summed E-state index contributed by atoms with van der Waals surface area (Å²) in [5.74, 6) is 1.44. The molecule has 0 amide bonds. The van der Waals surface area contributed by atoms with E-state index < -0.39 is 0 Å². The van der Waals surface area contributed by atoms with Crippen molar-refractivity contribution in [1.82, 2.24) is 0 Å². The zero-order chi connectivity index (χ0) is 9.68. The van der Waals surface area contributed by atoms with E-state index in [1.165, 1.54) is 16.2 Å². The van der Waals surface area contributed by atoms with Crippen LogP contribution in [0.5, 0.6) is 0 Å². The summed E-state index contributed by atoms with van der Waals surface area (Å²) in [6, 6.07) is 4.49. The van der Waals surface area contributed by atoms with Gasteiger partial charge in [0.15, 0.2) is 0 Å². The summed E-state index contributed by atoms with van der Waals surface area (Å²) < 4.78 is 0. The van der Waals surface area contributed by atoms with Crippen LogP contribution in [-0.2, 0) is 12.8 Å². The standard InChI is InChI=1S/C11H17ClS/c1-3-9(8-12)7-11-6-5-10(4-2)13-11/h5-6,9H,3-4,7-8H2,1-2H3. The van der Waals surface area contributed by atoms with E-state index in [1.54, 1.807) is 0 Å². The van der Waals surface area contributed by atoms with E-state index in [0.29, 0.717) is 5.92 Å². The predicted molar refractivity (Wildman–Crippen MR) is 61.9 cm³/mol. The van der Waals surface area contributed by atoms with Gasteiger partial charge in [0, 0.05) is 15.6 Å². The first-order valence-electron chi connectivity index (χ1n) is 4.93. The van der Waals surface area contributed by atoms with Crippen molar-refractivity contribution >= 4 is 22.9 Å². The Balaban J connectivity index is 2.52. The molecule has 0 saturated heterocycles. The maximum Gasteiger partial charge on any atom is 0.0255 e. The number of alkyl halides is 1. The molecule has 1 unspecified atom stereocenters. The molecule has 0 radical (unpaired) electrons. The molecule has 0 aliphatic heterocycles. The van der Waals surface area contributed by atoms with Crippen LogP contribution in [0.15, 0.2) is 12.1 Å². The van der Waals surface area contributed by atoms with Gasteiger partial charge < -0.3 is 0 Å². The van der Waals surface area contributed by atoms with E-state index in [2.05, 4.69) is 26.0 Å². The zero-order valence-electron chi connectivity index (χ0n) is 8.35. The molecule has 1 aromatic heterocycles. The van der Waals surface area contributed by atoms with Crippen LogP contribution in [0.4, 0.5) is 0 Å². The van der Waals surface area contributed by atoms with E-state index >= 15 is 0 Å². The largest absolute Gasteiger partial charge is 0.145 e. The van der Waals surface area contributed by atoms with E-state index in [-0.39, 0.29) is 0 Å². The fourth-order valence-corrected chi connectivity index (χ4v) is 2.71. The monoisotopic (exact) mass is 216 g/mol. The number of hydrogen-bond donors (Lipinski definition) is 0. The molecule has 13 heavy (non-hydrogen) atoms. The second kappa shape index (κ2) is 5.66. The van der Waals surface area contributed by atoms with E-state index in [4.69, 9.17) is 11.6 Å². The van der Waals surface area contributed by atoms with Gasteiger partial charge in [-0.25, -0.2) is 0 Å². The van der Waals surface area contributed by atoms with E-state index in [0.717, 1.165) is 18.7 Å². The van der Waals surface area contributed by atoms with Crippen molar-refractivity contribution in [1.29, 1.82) is 0 Å². The molecular formula is C11H17ClS. The first-order valence-corrected chi connectivity index (χ1v) is 6.28. The topological polar surface area (TPSA) is 0 Å². The minimum absolute atomic E-state index is 0.657. The average molecular weight is 217 g/mol. The Bertz CT molecular complexity index is 238. The summed E-state index contributed by atoms with van der Waals surface area (Å²) in [5, 5.41) is 0. The Hall–Kier alpha value is -0.0100. The van der Waals surface area contributed by atoms with Crippen LogP contribution in [0.2, 0.25) is 0 Å². The van der Waals surface area contributed by atoms with Gasteiger partial charge in [-0.05, 0) is 30.9 Å². The fourth-order valence-electron chi connectivity index (χ4n) is 1.31. The van der Waals surface area contributed by atoms with Gasteiger partial charge in [-0.3, -0.25) is 0 Å². The Kier molecular flexibility index (Phi) is 4.82. The average Bonchev–Trinajstić information content (AvgIpc) is 2.61. The van der Waals surface area contributed by atoms with Gasteiger partial charge in [-0.2, -0.15) is 0 Å². The van der Waals surface area contributed by atoms with Gasteiger partial charge in [-0.1, -0.05) is 20.3 Å². The third-order valence-corrected chi connectivity index (χ3v) is 4.04. The summed E-state index contributed by atoms with van der Waals surface area (Å²) in [7, 11) is 0. The van der Waals surface area contributed by atoms with Gasteiger partial charge in [0.2, 0.25) is 0 Å². The lowest BCUT2D eigenvalue weighted by atomic mass is 10.0. The van der Waals surface area contributed by atoms with Crippen molar-refractivity contribution < 1.29 is 0 Å². The Morgan fingerprint density at radius 3 is 2.46 bits per heavy atom. The highest BCUT2D eigenvalue weighted by Gasteiger charge is 2.07. The van der Waals surface area contributed by atoms with Crippen LogP contribution in [0, 0.1) is 5.92 Å². The first-order chi connectivity index (χ1) is 6.30. The molecule has 0 nitrogen and oxygen atoms in total. The molecule has 0 spiro atoms. The molecule has 0 fully saturated rings. The van der Waals surface area contributed by atoms with Gasteiger partial charge in [0.05, 0.1) is 0 Å². The third kappa shape index (κ3) is 3.32. The molecule has 0 saturated carbocycles. The third-order valence-electron chi connectivity index (χ3n) is 2.35. The second-order valence-corrected chi connectivity index (χ2v) is 4.92. The minimum Gasteiger partial charge on any atom is -0.145 e. The van der Waals surface area contributed by atoms with Crippen LogP contribution in [0.3, 0.4) is 0 Å². The second-order valence-electron chi connectivity index (χ2n) is 3.35. The number of hydrogen-bond acceptors (Lipinski definition) is 1. The number of thiophene rings is 1. The van der Waals surface area contributed by atoms with E-state index in [1.807, 2.05) is 11.3 Å². The van der Waals surface area contributed by atoms with Gasteiger partial charge in [-0.15, -0.1) is 22.9 Å². The van der Waals surface area contributed by atoms with Gasteiger partial charge in [0.1, 0.15) is 0 Å². The molecule has 1 heterocycles. The predicted octanol–water partition coefficient (Wildman–Crippen LogP) is 4.12. The summed E-state index contributed by atoms with van der Waals surface area (Å²) in [6.45, 7) is 4.41. The minimum atomic E-state index is 0.657. The summed E-state index contributed by atoms with van der Waals surface area (Å²) >= 11 is 7.80. The highest BCUT2D eigenvalue weighted by Crippen LogP contribution is 2.22. The number of rotatable bonds is 5. The van der Waals surface area contributed by atoms with Gasteiger partial charge in [0.25, 0.3) is 0 Å². The molecule has 1 aromatic rings. The van der Waals surface area contributed by atoms with E-state index in [9.17, 15) is 0 Å². The van der Waals surface area contributed by atoms with Crippen molar-refractivity contribution in [3.05, 3.63) is 21.9 Å². The SMILES string of the molecule is CCc1ccc(CC(CC)CCl)s1. The first kappa shape index (κ1) is 11.1. The van der Waals surface area contributed by atoms with Crippen molar-refractivity contribution in [2.24, 2.45) is 5.92 Å². The highest BCUT2D eigenvalue weighted by molar-refractivity contribution is 7.11. The molecule has 0 N–H and O–H groups in total. The Morgan fingerprint density at radius 2 is 2.00 bits per heavy atom. The van der Waals surface area contributed by atoms with Crippen LogP contribution in [-0.4, -0.2) is 5.88 Å². The van der Waals surface area contributed by atoms with Crippen molar-refractivity contribution in [2.75, 3.05) is 5.88 Å². The molecule has 2 heteroatoms. The summed E-state index contributed by atoms with van der Waals surface area (Å²) in [6.07, 6.45) is 3.50. The molecule has 74 valence electrons.